The van der Waals surface area contributed by atoms with Crippen LogP contribution in [0, 0.1) is 11.8 Å². The summed E-state index contributed by atoms with van der Waals surface area (Å²) in [6.45, 7) is 3.62. The van der Waals surface area contributed by atoms with Crippen LogP contribution in [0.4, 0.5) is 10.2 Å². The predicted molar refractivity (Wildman–Crippen MR) is 104 cm³/mol. The highest BCUT2D eigenvalue weighted by Crippen LogP contribution is 2.39. The van der Waals surface area contributed by atoms with Gasteiger partial charge in [-0.15, -0.1) is 0 Å². The van der Waals surface area contributed by atoms with E-state index in [2.05, 4.69) is 26.6 Å². The highest BCUT2D eigenvalue weighted by molar-refractivity contribution is 5.99. The lowest BCUT2D eigenvalue weighted by Crippen LogP contribution is -2.24. The molecule has 27 heavy (non-hydrogen) atoms. The van der Waals surface area contributed by atoms with E-state index in [1.165, 1.54) is 12.8 Å². The molecular weight excluding hydrogens is 343 g/mol. The molecule has 5 nitrogen and oxygen atoms in total. The molecule has 1 aromatic rings. The first-order valence-corrected chi connectivity index (χ1v) is 9.69. The van der Waals surface area contributed by atoms with Crippen molar-refractivity contribution in [3.05, 3.63) is 47.1 Å². The second kappa shape index (κ2) is 7.25. The number of amides is 1. The molecule has 0 spiro atoms. The third-order valence-corrected chi connectivity index (χ3v) is 5.47. The van der Waals surface area contributed by atoms with Crippen molar-refractivity contribution in [2.75, 3.05) is 5.32 Å². The Kier molecular flexibility index (Phi) is 4.81. The molecule has 2 atom stereocenters. The molecule has 1 amide bonds. The van der Waals surface area contributed by atoms with Gasteiger partial charge in [-0.05, 0) is 69.6 Å². The molecule has 0 aromatic carbocycles. The van der Waals surface area contributed by atoms with Crippen molar-refractivity contribution in [3.63, 3.8) is 0 Å². The number of rotatable bonds is 4. The van der Waals surface area contributed by atoms with E-state index in [0.717, 1.165) is 29.9 Å². The Morgan fingerprint density at radius 1 is 1.37 bits per heavy atom. The minimum atomic E-state index is -0.392. The number of H-pyrrole nitrogens is 1. The number of hydrogen-bond acceptors (Lipinski definition) is 3. The molecule has 0 radical (unpaired) electrons. The van der Waals surface area contributed by atoms with E-state index in [4.69, 9.17) is 0 Å². The quantitative estimate of drug-likeness (QED) is 0.801. The lowest BCUT2D eigenvalue weighted by Gasteiger charge is -2.22. The van der Waals surface area contributed by atoms with Gasteiger partial charge in [-0.3, -0.25) is 14.9 Å². The van der Waals surface area contributed by atoms with E-state index >= 15 is 0 Å². The summed E-state index contributed by atoms with van der Waals surface area (Å²) in [6, 6.07) is 1.91. The molecule has 2 unspecified atom stereocenters. The van der Waals surface area contributed by atoms with Crippen LogP contribution in [-0.4, -0.2) is 21.8 Å². The van der Waals surface area contributed by atoms with Crippen molar-refractivity contribution < 1.29 is 9.18 Å². The molecule has 1 saturated carbocycles. The number of nitrogens with one attached hydrogen (secondary N) is 2. The van der Waals surface area contributed by atoms with Crippen molar-refractivity contribution in [2.45, 2.75) is 51.9 Å². The first kappa shape index (κ1) is 17.9. The normalized spacial score (nSPS) is 27.6. The second-order valence-electron chi connectivity index (χ2n) is 7.81. The maximum Gasteiger partial charge on any atom is 0.234 e. The van der Waals surface area contributed by atoms with Gasteiger partial charge in [0, 0.05) is 29.1 Å². The summed E-state index contributed by atoms with van der Waals surface area (Å²) in [7, 11) is 0. The fraction of sp³-hybridized carbons (Fsp3) is 0.476. The molecule has 2 N–H and O–H groups in total. The summed E-state index contributed by atoms with van der Waals surface area (Å²) in [5.41, 5.74) is 3.28. The number of carbonyl (C=O) groups excluding carboxylic acids is 1. The Labute approximate surface area is 158 Å². The number of carbonyl (C=O) groups is 1. The first-order valence-electron chi connectivity index (χ1n) is 9.69. The lowest BCUT2D eigenvalue weighted by molar-refractivity contribution is -0.118. The van der Waals surface area contributed by atoms with Crippen LogP contribution >= 0.6 is 0 Å². The molecule has 1 fully saturated rings. The third kappa shape index (κ3) is 4.10. The number of aliphatic imine (C=N–C) groups is 1. The third-order valence-electron chi connectivity index (χ3n) is 5.47. The van der Waals surface area contributed by atoms with Gasteiger partial charge in [0.1, 0.15) is 5.83 Å². The molecule has 4 rings (SSSR count). The summed E-state index contributed by atoms with van der Waals surface area (Å²) in [6.07, 6.45) is 10.2. The number of halogens is 1. The molecule has 2 aliphatic carbocycles. The van der Waals surface area contributed by atoms with Gasteiger partial charge in [0.25, 0.3) is 0 Å². The predicted octanol–water partition coefficient (Wildman–Crippen LogP) is 4.80. The zero-order valence-electron chi connectivity index (χ0n) is 15.8. The van der Waals surface area contributed by atoms with Crippen LogP contribution < -0.4 is 5.32 Å². The van der Waals surface area contributed by atoms with E-state index in [1.54, 1.807) is 19.1 Å². The molecule has 1 aromatic heterocycles. The van der Waals surface area contributed by atoms with E-state index in [0.29, 0.717) is 23.7 Å². The topological polar surface area (TPSA) is 70.1 Å². The average Bonchev–Trinajstić information content (AvgIpc) is 3.39. The fourth-order valence-electron chi connectivity index (χ4n) is 3.61. The van der Waals surface area contributed by atoms with Crippen LogP contribution in [0.1, 0.15) is 57.6 Å². The Bertz CT molecular complexity index is 872. The van der Waals surface area contributed by atoms with Gasteiger partial charge in [-0.2, -0.15) is 5.10 Å². The number of aromatic nitrogens is 2. The molecule has 2 bridgehead atoms. The van der Waals surface area contributed by atoms with Gasteiger partial charge in [0.15, 0.2) is 5.82 Å². The van der Waals surface area contributed by atoms with Gasteiger partial charge in [-0.1, -0.05) is 6.08 Å². The smallest absolute Gasteiger partial charge is 0.234 e. The van der Waals surface area contributed by atoms with Crippen molar-refractivity contribution in [2.24, 2.45) is 16.8 Å². The number of hydrogen-bond donors (Lipinski definition) is 2. The fourth-order valence-corrected chi connectivity index (χ4v) is 3.61. The molecule has 6 heteroatoms. The van der Waals surface area contributed by atoms with Crippen molar-refractivity contribution in [1.29, 1.82) is 0 Å². The molecule has 3 aliphatic rings. The Morgan fingerprint density at radius 2 is 2.19 bits per heavy atom. The standard InChI is InChI=1S/C21H25FN4O/c1-12-8-16-9-14(4-3-5-17(12)22)10-18(23-16)13(2)21(27)24-20-11-19(25-26-20)15-6-7-15/h5,8,10-11,13-15H,3-4,6-7,9H2,1-2H3,(H2,24,25,26,27)/b12-8-,17-5+. The second-order valence-corrected chi connectivity index (χ2v) is 7.81. The zero-order chi connectivity index (χ0) is 19.0. The minimum Gasteiger partial charge on any atom is -0.309 e. The highest BCUT2D eigenvalue weighted by Gasteiger charge is 2.27. The number of allylic oxidation sites excluding steroid dienone is 5. The van der Waals surface area contributed by atoms with Crippen molar-refractivity contribution in [1.82, 2.24) is 10.2 Å². The Balaban J connectivity index is 1.50. The highest BCUT2D eigenvalue weighted by atomic mass is 19.1. The number of nitrogens with zero attached hydrogens (tertiary/aromatic N) is 2. The minimum absolute atomic E-state index is 0.126. The zero-order valence-corrected chi connectivity index (χ0v) is 15.8. The van der Waals surface area contributed by atoms with Crippen LogP contribution in [0.5, 0.6) is 0 Å². The van der Waals surface area contributed by atoms with Crippen LogP contribution in [0.2, 0.25) is 0 Å². The van der Waals surface area contributed by atoms with Gasteiger partial charge in [-0.25, -0.2) is 4.39 Å². The maximum absolute atomic E-state index is 14.0. The van der Waals surface area contributed by atoms with Gasteiger partial charge in [0.05, 0.1) is 5.92 Å². The number of fused-ring (bicyclic) bond motifs is 2. The van der Waals surface area contributed by atoms with Gasteiger partial charge >= 0.3 is 0 Å². The molecule has 0 saturated heterocycles. The largest absolute Gasteiger partial charge is 0.309 e. The van der Waals surface area contributed by atoms with Crippen LogP contribution in [-0.2, 0) is 4.79 Å². The maximum atomic E-state index is 14.0. The summed E-state index contributed by atoms with van der Waals surface area (Å²) < 4.78 is 14.0. The van der Waals surface area contributed by atoms with Gasteiger partial charge in [0.2, 0.25) is 5.91 Å². The Hall–Kier alpha value is -2.50. The van der Waals surface area contributed by atoms with Crippen LogP contribution in [0.25, 0.3) is 0 Å². The summed E-state index contributed by atoms with van der Waals surface area (Å²) in [4.78, 5) is 17.4. The van der Waals surface area contributed by atoms with Crippen LogP contribution in [0.15, 0.2) is 46.4 Å². The average molecular weight is 368 g/mol. The summed E-state index contributed by atoms with van der Waals surface area (Å²) in [5.74, 6) is 0.706. The molecule has 2 heterocycles. The SMILES string of the molecule is CC1=C/C2=NC(C(C)C(=O)Nc3cc(C4CC4)[nH]n3)=CC(CC/C=C\1F)C2. The summed E-state index contributed by atoms with van der Waals surface area (Å²) >= 11 is 0. The van der Waals surface area contributed by atoms with Crippen LogP contribution in [0.3, 0.4) is 0 Å². The molecular formula is C21H25FN4O. The van der Waals surface area contributed by atoms with E-state index < -0.39 is 5.92 Å². The van der Waals surface area contributed by atoms with Crippen molar-refractivity contribution >= 4 is 17.4 Å². The van der Waals surface area contributed by atoms with E-state index in [1.807, 2.05) is 13.0 Å². The first-order chi connectivity index (χ1) is 13.0. The number of anilines is 1. The van der Waals surface area contributed by atoms with E-state index in [-0.39, 0.29) is 17.7 Å². The summed E-state index contributed by atoms with van der Waals surface area (Å²) in [5, 5.41) is 10.1. The van der Waals surface area contributed by atoms with Crippen molar-refractivity contribution in [3.8, 4) is 0 Å². The number of aromatic amines is 1. The van der Waals surface area contributed by atoms with Gasteiger partial charge < -0.3 is 5.32 Å². The molecule has 1 aliphatic heterocycles. The van der Waals surface area contributed by atoms with E-state index in [9.17, 15) is 9.18 Å². The lowest BCUT2D eigenvalue weighted by atomic mass is 9.90. The Morgan fingerprint density at radius 3 is 2.96 bits per heavy atom. The molecule has 142 valence electrons. The monoisotopic (exact) mass is 368 g/mol.